The van der Waals surface area contributed by atoms with E-state index < -0.39 is 0 Å². The van der Waals surface area contributed by atoms with Gasteiger partial charge in [-0.1, -0.05) is 17.3 Å². The summed E-state index contributed by atoms with van der Waals surface area (Å²) in [5.41, 5.74) is 1.31. The third kappa shape index (κ3) is 0.528. The number of ether oxygens (including phenoxy) is 1. The monoisotopic (exact) mass is 177 g/mol. The smallest absolute Gasteiger partial charge is 0.147 e. The number of fused-ring (bicyclic) bond motifs is 3. The maximum atomic E-state index is 5.53. The summed E-state index contributed by atoms with van der Waals surface area (Å²) < 4.78 is 5.52. The quantitative estimate of drug-likeness (QED) is 0.516. The van der Waals surface area contributed by atoms with Gasteiger partial charge in [0.2, 0.25) is 0 Å². The highest BCUT2D eigenvalue weighted by molar-refractivity contribution is 5.95. The van der Waals surface area contributed by atoms with Crippen LogP contribution < -0.4 is 0 Å². The van der Waals surface area contributed by atoms with E-state index in [0.717, 1.165) is 12.3 Å². The van der Waals surface area contributed by atoms with Crippen molar-refractivity contribution in [1.29, 1.82) is 0 Å². The van der Waals surface area contributed by atoms with E-state index in [-0.39, 0.29) is 5.41 Å². The molecule has 0 amide bonds. The summed E-state index contributed by atoms with van der Waals surface area (Å²) in [5, 5.41) is 4.17. The van der Waals surface area contributed by atoms with Gasteiger partial charge in [0, 0.05) is 5.92 Å². The molecular weight excluding hydrogens is 166 g/mol. The van der Waals surface area contributed by atoms with Gasteiger partial charge in [-0.3, -0.25) is 0 Å². The second kappa shape index (κ2) is 1.82. The van der Waals surface area contributed by atoms with Crippen molar-refractivity contribution >= 4 is 5.71 Å². The first kappa shape index (κ1) is 6.60. The first-order valence-corrected chi connectivity index (χ1v) is 4.90. The lowest BCUT2D eigenvalue weighted by atomic mass is 9.72. The van der Waals surface area contributed by atoms with Gasteiger partial charge >= 0.3 is 0 Å². The molecule has 2 bridgehead atoms. The zero-order valence-corrected chi connectivity index (χ0v) is 7.27. The van der Waals surface area contributed by atoms with E-state index in [1.54, 1.807) is 0 Å². The minimum absolute atomic E-state index is 0.152. The molecule has 0 aromatic heterocycles. The van der Waals surface area contributed by atoms with Crippen LogP contribution in [0.15, 0.2) is 17.3 Å². The Kier molecular flexibility index (Phi) is 0.926. The highest BCUT2D eigenvalue weighted by atomic mass is 16.7. The molecule has 13 heavy (non-hydrogen) atoms. The third-order valence-electron chi connectivity index (χ3n) is 4.07. The van der Waals surface area contributed by atoms with Crippen LogP contribution in [0.1, 0.15) is 6.42 Å². The largest absolute Gasteiger partial charge is 0.391 e. The van der Waals surface area contributed by atoms with E-state index in [1.807, 2.05) is 0 Å². The van der Waals surface area contributed by atoms with Crippen LogP contribution in [0, 0.1) is 17.3 Å². The fourth-order valence-electron chi connectivity index (χ4n) is 3.43. The van der Waals surface area contributed by atoms with Crippen molar-refractivity contribution in [2.45, 2.75) is 12.5 Å². The second-order valence-corrected chi connectivity index (χ2v) is 4.49. The second-order valence-electron chi connectivity index (χ2n) is 4.49. The Morgan fingerprint density at radius 1 is 1.46 bits per heavy atom. The van der Waals surface area contributed by atoms with Crippen LogP contribution in [-0.2, 0) is 9.57 Å². The number of rotatable bonds is 0. The van der Waals surface area contributed by atoms with Crippen LogP contribution in [0.4, 0.5) is 0 Å². The molecule has 0 radical (unpaired) electrons. The lowest BCUT2D eigenvalue weighted by Gasteiger charge is -2.29. The molecule has 0 aromatic carbocycles. The third-order valence-corrected chi connectivity index (χ3v) is 4.07. The minimum Gasteiger partial charge on any atom is -0.391 e. The van der Waals surface area contributed by atoms with Crippen LogP contribution in [0.5, 0.6) is 0 Å². The number of oxime groups is 1. The van der Waals surface area contributed by atoms with Gasteiger partial charge in [-0.05, 0) is 12.3 Å². The molecule has 4 atom stereocenters. The Morgan fingerprint density at radius 3 is 3.46 bits per heavy atom. The summed E-state index contributed by atoms with van der Waals surface area (Å²) in [6.07, 6.45) is 6.16. The highest BCUT2D eigenvalue weighted by Crippen LogP contribution is 2.58. The van der Waals surface area contributed by atoms with Gasteiger partial charge in [-0.15, -0.1) is 0 Å². The molecule has 4 unspecified atom stereocenters. The predicted octanol–water partition coefficient (Wildman–Crippen LogP) is 0.964. The van der Waals surface area contributed by atoms with Crippen molar-refractivity contribution in [2.75, 3.05) is 13.2 Å². The molecule has 68 valence electrons. The van der Waals surface area contributed by atoms with Crippen molar-refractivity contribution in [3.8, 4) is 0 Å². The van der Waals surface area contributed by atoms with E-state index >= 15 is 0 Å². The molecule has 4 rings (SSSR count). The molecule has 4 aliphatic rings. The summed E-state index contributed by atoms with van der Waals surface area (Å²) in [6.45, 7) is 1.51. The van der Waals surface area contributed by atoms with Gasteiger partial charge < -0.3 is 9.57 Å². The van der Waals surface area contributed by atoms with E-state index in [2.05, 4.69) is 17.3 Å². The van der Waals surface area contributed by atoms with Gasteiger partial charge in [0.1, 0.15) is 6.10 Å². The van der Waals surface area contributed by atoms with Crippen molar-refractivity contribution in [2.24, 2.45) is 22.4 Å². The van der Waals surface area contributed by atoms with Gasteiger partial charge in [0.05, 0.1) is 24.3 Å². The molecule has 1 saturated heterocycles. The lowest BCUT2D eigenvalue weighted by Crippen LogP contribution is -2.41. The first-order chi connectivity index (χ1) is 6.41. The molecule has 3 nitrogen and oxygen atoms in total. The van der Waals surface area contributed by atoms with Crippen LogP contribution in [0.3, 0.4) is 0 Å². The number of allylic oxidation sites excluding steroid dienone is 1. The summed E-state index contributed by atoms with van der Waals surface area (Å²) in [6, 6.07) is 0. The SMILES string of the molecule is C1=CC2CC1C1ON=C3COCC321. The van der Waals surface area contributed by atoms with Crippen molar-refractivity contribution in [1.82, 2.24) is 0 Å². The van der Waals surface area contributed by atoms with Gasteiger partial charge in [-0.25, -0.2) is 0 Å². The molecular formula is C10H11NO2. The molecule has 2 heterocycles. The molecule has 0 N–H and O–H groups in total. The predicted molar refractivity (Wildman–Crippen MR) is 46.3 cm³/mol. The molecule has 1 saturated carbocycles. The van der Waals surface area contributed by atoms with Crippen LogP contribution in [0.25, 0.3) is 0 Å². The molecule has 1 spiro atoms. The number of nitrogens with zero attached hydrogens (tertiary/aromatic N) is 1. The average molecular weight is 177 g/mol. The van der Waals surface area contributed by atoms with E-state index in [9.17, 15) is 0 Å². The lowest BCUT2D eigenvalue weighted by molar-refractivity contribution is -0.0101. The van der Waals surface area contributed by atoms with Gasteiger partial charge in [-0.2, -0.15) is 0 Å². The first-order valence-electron chi connectivity index (χ1n) is 4.90. The van der Waals surface area contributed by atoms with E-state index in [1.165, 1.54) is 6.42 Å². The van der Waals surface area contributed by atoms with Crippen LogP contribution in [-0.4, -0.2) is 25.0 Å². The topological polar surface area (TPSA) is 30.8 Å². The fraction of sp³-hybridized carbons (Fsp3) is 0.700. The maximum absolute atomic E-state index is 5.53. The summed E-state index contributed by atoms with van der Waals surface area (Å²) >= 11 is 0. The zero-order valence-electron chi connectivity index (χ0n) is 7.27. The Balaban J connectivity index is 1.92. The Bertz CT molecular complexity index is 336. The standard InChI is InChI=1S/C10H11NO2/c1-2-7-3-6(1)9-10(7)5-12-4-8(10)11-13-9/h1-2,6-7,9H,3-5H2. The Hall–Kier alpha value is -0.830. The van der Waals surface area contributed by atoms with Crippen molar-refractivity contribution < 1.29 is 9.57 Å². The van der Waals surface area contributed by atoms with Gasteiger partial charge in [0.25, 0.3) is 0 Å². The fourth-order valence-corrected chi connectivity index (χ4v) is 3.43. The zero-order chi connectivity index (χ0) is 8.47. The molecule has 2 fully saturated rings. The summed E-state index contributed by atoms with van der Waals surface area (Å²) in [7, 11) is 0. The van der Waals surface area contributed by atoms with Crippen molar-refractivity contribution in [3.63, 3.8) is 0 Å². The average Bonchev–Trinajstić information content (AvgIpc) is 2.78. The summed E-state index contributed by atoms with van der Waals surface area (Å²) in [4.78, 5) is 5.53. The number of hydrogen-bond acceptors (Lipinski definition) is 3. The highest BCUT2D eigenvalue weighted by Gasteiger charge is 2.65. The molecule has 2 aliphatic heterocycles. The van der Waals surface area contributed by atoms with E-state index in [4.69, 9.17) is 9.57 Å². The van der Waals surface area contributed by atoms with Crippen LogP contribution in [0.2, 0.25) is 0 Å². The van der Waals surface area contributed by atoms with Crippen molar-refractivity contribution in [3.05, 3.63) is 12.2 Å². The van der Waals surface area contributed by atoms with Gasteiger partial charge in [0.15, 0.2) is 0 Å². The molecule has 0 aromatic rings. The number of hydrogen-bond donors (Lipinski definition) is 0. The normalized spacial score (nSPS) is 54.8. The maximum Gasteiger partial charge on any atom is 0.147 e. The minimum atomic E-state index is 0.152. The van der Waals surface area contributed by atoms with E-state index in [0.29, 0.717) is 24.5 Å². The summed E-state index contributed by atoms with van der Waals surface area (Å²) in [5.74, 6) is 1.22. The Morgan fingerprint density at radius 2 is 2.46 bits per heavy atom. The molecule has 3 heteroatoms. The Labute approximate surface area is 76.4 Å². The molecule has 2 aliphatic carbocycles. The van der Waals surface area contributed by atoms with Crippen LogP contribution >= 0.6 is 0 Å².